The van der Waals surface area contributed by atoms with Gasteiger partial charge < -0.3 is 9.64 Å². The maximum Gasteiger partial charge on any atom is 0.310 e. The summed E-state index contributed by atoms with van der Waals surface area (Å²) in [6.45, 7) is 0.951. The predicted molar refractivity (Wildman–Crippen MR) is 47.4 cm³/mol. The smallest absolute Gasteiger partial charge is 0.310 e. The summed E-state index contributed by atoms with van der Waals surface area (Å²) in [7, 11) is 1.33. The first-order chi connectivity index (χ1) is 6.19. The van der Waals surface area contributed by atoms with E-state index >= 15 is 0 Å². The number of hydrogen-bond acceptors (Lipinski definition) is 3. The van der Waals surface area contributed by atoms with Gasteiger partial charge in [0.25, 0.3) is 0 Å². The summed E-state index contributed by atoms with van der Waals surface area (Å²) in [4.78, 5) is 23.9. The Balaban J connectivity index is 2.49. The number of esters is 1. The molecule has 0 bridgehead atoms. The third-order valence-electron chi connectivity index (χ3n) is 2.10. The lowest BCUT2D eigenvalue weighted by Crippen LogP contribution is -2.28. The highest BCUT2D eigenvalue weighted by Gasteiger charge is 2.34. The third-order valence-corrected chi connectivity index (χ3v) is 2.27. The van der Waals surface area contributed by atoms with E-state index in [2.05, 4.69) is 4.74 Å². The zero-order valence-corrected chi connectivity index (χ0v) is 8.21. The molecular weight excluding hydrogens is 194 g/mol. The summed E-state index contributed by atoms with van der Waals surface area (Å²) in [5.41, 5.74) is 0. The summed E-state index contributed by atoms with van der Waals surface area (Å²) >= 11 is 5.50. The molecular formula is C8H12ClNO3. The number of carbonyl (C=O) groups is 2. The molecule has 1 saturated heterocycles. The maximum atomic E-state index is 11.3. The van der Waals surface area contributed by atoms with E-state index in [0.29, 0.717) is 19.0 Å². The minimum atomic E-state index is -0.314. The fourth-order valence-corrected chi connectivity index (χ4v) is 1.62. The van der Waals surface area contributed by atoms with Crippen molar-refractivity contribution in [1.82, 2.24) is 4.90 Å². The van der Waals surface area contributed by atoms with Crippen LogP contribution >= 0.6 is 11.6 Å². The Morgan fingerprint density at radius 3 is 3.00 bits per heavy atom. The first-order valence-electron chi connectivity index (χ1n) is 4.10. The average molecular weight is 206 g/mol. The van der Waals surface area contributed by atoms with Gasteiger partial charge in [-0.2, -0.15) is 0 Å². The second-order valence-corrected chi connectivity index (χ2v) is 3.33. The zero-order chi connectivity index (χ0) is 9.84. The van der Waals surface area contributed by atoms with E-state index in [1.54, 1.807) is 4.90 Å². The Hall–Kier alpha value is -0.770. The minimum Gasteiger partial charge on any atom is -0.469 e. The fraction of sp³-hybridized carbons (Fsp3) is 0.750. The third kappa shape index (κ3) is 2.34. The SMILES string of the molecule is COC(=O)[C@@H]1CC(=O)N(CCCl)C1. The second-order valence-electron chi connectivity index (χ2n) is 2.95. The first kappa shape index (κ1) is 10.3. The molecule has 1 aliphatic rings. The highest BCUT2D eigenvalue weighted by Crippen LogP contribution is 2.18. The molecule has 0 radical (unpaired) electrons. The highest BCUT2D eigenvalue weighted by atomic mass is 35.5. The van der Waals surface area contributed by atoms with Crippen LogP contribution in [0, 0.1) is 5.92 Å². The Labute approximate surface area is 81.8 Å². The molecule has 1 heterocycles. The molecule has 0 unspecified atom stereocenters. The van der Waals surface area contributed by atoms with E-state index in [-0.39, 0.29) is 24.2 Å². The van der Waals surface area contributed by atoms with Crippen LogP contribution in [-0.2, 0) is 14.3 Å². The van der Waals surface area contributed by atoms with Crippen molar-refractivity contribution in [2.24, 2.45) is 5.92 Å². The van der Waals surface area contributed by atoms with Crippen LogP contribution in [0.2, 0.25) is 0 Å². The van der Waals surface area contributed by atoms with Gasteiger partial charge in [-0.25, -0.2) is 0 Å². The van der Waals surface area contributed by atoms with Crippen LogP contribution in [-0.4, -0.2) is 42.9 Å². The number of ether oxygens (including phenoxy) is 1. The van der Waals surface area contributed by atoms with Gasteiger partial charge in [-0.15, -0.1) is 11.6 Å². The van der Waals surface area contributed by atoms with E-state index in [1.165, 1.54) is 7.11 Å². The van der Waals surface area contributed by atoms with Gasteiger partial charge in [-0.1, -0.05) is 0 Å². The molecule has 0 spiro atoms. The predicted octanol–water partition coefficient (Wildman–Crippen LogP) is 0.247. The Kier molecular flexibility index (Phi) is 3.54. The molecule has 0 aromatic rings. The number of carbonyl (C=O) groups excluding carboxylic acids is 2. The van der Waals surface area contributed by atoms with Crippen molar-refractivity contribution in [1.29, 1.82) is 0 Å². The van der Waals surface area contributed by atoms with Crippen LogP contribution in [0.5, 0.6) is 0 Å². The summed E-state index contributed by atoms with van der Waals surface area (Å²) in [5.74, 6) is -0.234. The molecule has 4 nitrogen and oxygen atoms in total. The molecule has 0 saturated carbocycles. The average Bonchev–Trinajstić information content (AvgIpc) is 2.47. The van der Waals surface area contributed by atoms with Gasteiger partial charge in [-0.05, 0) is 0 Å². The van der Waals surface area contributed by atoms with Crippen LogP contribution in [0.4, 0.5) is 0 Å². The van der Waals surface area contributed by atoms with E-state index < -0.39 is 0 Å². The van der Waals surface area contributed by atoms with Gasteiger partial charge in [-0.3, -0.25) is 9.59 Å². The number of halogens is 1. The van der Waals surface area contributed by atoms with Gasteiger partial charge >= 0.3 is 5.97 Å². The minimum absolute atomic E-state index is 0.0175. The number of amides is 1. The quantitative estimate of drug-likeness (QED) is 0.490. The molecule has 0 aromatic heterocycles. The standard InChI is InChI=1S/C8H12ClNO3/c1-13-8(12)6-4-7(11)10(5-6)3-2-9/h6H,2-5H2,1H3/t6-/m1/s1. The molecule has 0 aromatic carbocycles. The van der Waals surface area contributed by atoms with Crippen molar-refractivity contribution in [3.8, 4) is 0 Å². The van der Waals surface area contributed by atoms with Gasteiger partial charge in [0.1, 0.15) is 0 Å². The molecule has 1 amide bonds. The van der Waals surface area contributed by atoms with Crippen molar-refractivity contribution in [2.75, 3.05) is 26.1 Å². The molecule has 1 aliphatic heterocycles. The molecule has 0 N–H and O–H groups in total. The summed E-state index contributed by atoms with van der Waals surface area (Å²) < 4.78 is 4.56. The molecule has 5 heteroatoms. The van der Waals surface area contributed by atoms with Crippen LogP contribution in [0.1, 0.15) is 6.42 Å². The van der Waals surface area contributed by atoms with Gasteiger partial charge in [0, 0.05) is 25.4 Å². The Bertz CT molecular complexity index is 219. The molecule has 1 fully saturated rings. The van der Waals surface area contributed by atoms with Gasteiger partial charge in [0.15, 0.2) is 0 Å². The topological polar surface area (TPSA) is 46.6 Å². The Morgan fingerprint density at radius 2 is 2.46 bits per heavy atom. The zero-order valence-electron chi connectivity index (χ0n) is 7.46. The van der Waals surface area contributed by atoms with E-state index in [0.717, 1.165) is 0 Å². The number of hydrogen-bond donors (Lipinski definition) is 0. The Morgan fingerprint density at radius 1 is 1.77 bits per heavy atom. The van der Waals surface area contributed by atoms with Crippen molar-refractivity contribution >= 4 is 23.5 Å². The van der Waals surface area contributed by atoms with Crippen LogP contribution in [0.15, 0.2) is 0 Å². The number of nitrogens with zero attached hydrogens (tertiary/aromatic N) is 1. The van der Waals surface area contributed by atoms with Crippen LogP contribution < -0.4 is 0 Å². The maximum absolute atomic E-state index is 11.3. The lowest BCUT2D eigenvalue weighted by Gasteiger charge is -2.13. The highest BCUT2D eigenvalue weighted by molar-refractivity contribution is 6.18. The molecule has 74 valence electrons. The van der Waals surface area contributed by atoms with Crippen molar-refractivity contribution in [3.05, 3.63) is 0 Å². The van der Waals surface area contributed by atoms with E-state index in [9.17, 15) is 9.59 Å². The summed E-state index contributed by atoms with van der Waals surface area (Å²) in [6.07, 6.45) is 0.254. The lowest BCUT2D eigenvalue weighted by molar-refractivity contribution is -0.145. The lowest BCUT2D eigenvalue weighted by atomic mass is 10.1. The number of alkyl halides is 1. The normalized spacial score (nSPS) is 22.2. The van der Waals surface area contributed by atoms with E-state index in [1.807, 2.05) is 0 Å². The number of rotatable bonds is 3. The van der Waals surface area contributed by atoms with Crippen molar-refractivity contribution < 1.29 is 14.3 Å². The monoisotopic (exact) mass is 205 g/mol. The largest absolute Gasteiger partial charge is 0.469 e. The van der Waals surface area contributed by atoms with Crippen LogP contribution in [0.3, 0.4) is 0 Å². The van der Waals surface area contributed by atoms with E-state index in [4.69, 9.17) is 11.6 Å². The fourth-order valence-electron chi connectivity index (χ4n) is 1.41. The van der Waals surface area contributed by atoms with Crippen molar-refractivity contribution in [2.45, 2.75) is 6.42 Å². The van der Waals surface area contributed by atoms with Crippen LogP contribution in [0.25, 0.3) is 0 Å². The second kappa shape index (κ2) is 4.46. The molecule has 0 aliphatic carbocycles. The molecule has 1 atom stereocenters. The first-order valence-corrected chi connectivity index (χ1v) is 4.64. The summed E-state index contributed by atoms with van der Waals surface area (Å²) in [5, 5.41) is 0. The number of likely N-dealkylation sites (tertiary alicyclic amines) is 1. The summed E-state index contributed by atoms with van der Waals surface area (Å²) in [6, 6.07) is 0. The van der Waals surface area contributed by atoms with Crippen molar-refractivity contribution in [3.63, 3.8) is 0 Å². The van der Waals surface area contributed by atoms with Gasteiger partial charge in [0.05, 0.1) is 13.0 Å². The molecule has 13 heavy (non-hydrogen) atoms. The molecule has 1 rings (SSSR count). The number of methoxy groups -OCH3 is 1. The van der Waals surface area contributed by atoms with Gasteiger partial charge in [0.2, 0.25) is 5.91 Å².